The molecule has 0 fully saturated rings. The molecule has 0 aliphatic rings. The molecule has 0 atom stereocenters. The van der Waals surface area contributed by atoms with E-state index >= 15 is 0 Å². The van der Waals surface area contributed by atoms with Gasteiger partial charge in [0.05, 0.1) is 18.4 Å². The first-order valence-electron chi connectivity index (χ1n) is 9.24. The summed E-state index contributed by atoms with van der Waals surface area (Å²) in [5, 5.41) is 0. The molecule has 0 saturated carbocycles. The van der Waals surface area contributed by atoms with Crippen molar-refractivity contribution in [3.63, 3.8) is 0 Å². The van der Waals surface area contributed by atoms with E-state index in [1.165, 1.54) is 37.8 Å². The number of hydrogen-bond donors (Lipinski definition) is 0. The van der Waals surface area contributed by atoms with E-state index < -0.39 is 11.7 Å². The van der Waals surface area contributed by atoms with E-state index in [1.54, 1.807) is 24.3 Å². The van der Waals surface area contributed by atoms with Crippen LogP contribution in [-0.2, 0) is 6.18 Å². The van der Waals surface area contributed by atoms with E-state index in [2.05, 4.69) is 19.9 Å². The molecule has 0 aliphatic carbocycles. The Morgan fingerprint density at radius 3 is 2.25 bits per heavy atom. The molecular weight excluding hydrogens is 425 g/mol. The summed E-state index contributed by atoms with van der Waals surface area (Å²) in [6.07, 6.45) is -0.0862. The first-order valence-corrected chi connectivity index (χ1v) is 9.24. The Bertz CT molecular complexity index is 1220. The normalized spacial score (nSPS) is 11.1. The molecule has 10 heteroatoms. The van der Waals surface area contributed by atoms with Gasteiger partial charge in [0.25, 0.3) is 0 Å². The van der Waals surface area contributed by atoms with Crippen molar-refractivity contribution in [2.75, 3.05) is 7.11 Å². The Morgan fingerprint density at radius 2 is 1.53 bits per heavy atom. The topological polar surface area (TPSA) is 79.2 Å². The molecule has 0 radical (unpaired) electrons. The summed E-state index contributed by atoms with van der Waals surface area (Å²) in [5.74, 6) is 0.955. The van der Waals surface area contributed by atoms with Gasteiger partial charge >= 0.3 is 18.2 Å². The van der Waals surface area contributed by atoms with Crippen molar-refractivity contribution in [1.82, 2.24) is 19.9 Å². The summed E-state index contributed by atoms with van der Waals surface area (Å²) in [5.41, 5.74) is 0.194. The fourth-order valence-electron chi connectivity index (χ4n) is 2.69. The molecule has 0 saturated heterocycles. The highest BCUT2D eigenvalue weighted by Gasteiger charge is 2.30. The van der Waals surface area contributed by atoms with Crippen LogP contribution in [0, 0.1) is 0 Å². The third-order valence-electron chi connectivity index (χ3n) is 4.20. The lowest BCUT2D eigenvalue weighted by Gasteiger charge is -2.10. The van der Waals surface area contributed by atoms with Gasteiger partial charge in [-0.25, -0.2) is 15.0 Å². The standard InChI is InChI=1S/C22H15F3N4O3/c1-30-18-7-2-3-8-19(18)32-21-26-10-9-17(29-21)14-12-27-20(28-13-14)31-16-6-4-5-15(11-16)22(23,24)25/h2-13H,1H3. The zero-order chi connectivity index (χ0) is 22.6. The highest BCUT2D eigenvalue weighted by molar-refractivity contribution is 5.56. The smallest absolute Gasteiger partial charge is 0.416 e. The summed E-state index contributed by atoms with van der Waals surface area (Å²) >= 11 is 0. The highest BCUT2D eigenvalue weighted by Crippen LogP contribution is 2.32. The quantitative estimate of drug-likeness (QED) is 0.389. The monoisotopic (exact) mass is 440 g/mol. The molecule has 4 aromatic rings. The number of para-hydroxylation sites is 2. The van der Waals surface area contributed by atoms with Gasteiger partial charge in [0.1, 0.15) is 5.75 Å². The SMILES string of the molecule is COc1ccccc1Oc1nccc(-c2cnc(Oc3cccc(C(F)(F)F)c3)nc2)n1. The molecule has 2 heterocycles. The average molecular weight is 440 g/mol. The number of hydrogen-bond acceptors (Lipinski definition) is 7. The van der Waals surface area contributed by atoms with Crippen LogP contribution >= 0.6 is 0 Å². The van der Waals surface area contributed by atoms with E-state index in [0.29, 0.717) is 22.8 Å². The minimum Gasteiger partial charge on any atom is -0.493 e. The molecule has 0 amide bonds. The van der Waals surface area contributed by atoms with Crippen molar-refractivity contribution in [3.8, 4) is 40.5 Å². The molecule has 4 rings (SSSR count). The summed E-state index contributed by atoms with van der Waals surface area (Å²) in [7, 11) is 1.53. The second kappa shape index (κ2) is 8.88. The molecule has 32 heavy (non-hydrogen) atoms. The van der Waals surface area contributed by atoms with Crippen LogP contribution in [-0.4, -0.2) is 27.0 Å². The molecule has 0 N–H and O–H groups in total. The second-order valence-electron chi connectivity index (χ2n) is 6.36. The summed E-state index contributed by atoms with van der Waals surface area (Å²) in [4.78, 5) is 16.5. The van der Waals surface area contributed by atoms with Gasteiger partial charge in [0, 0.05) is 24.2 Å². The average Bonchev–Trinajstić information content (AvgIpc) is 2.80. The lowest BCUT2D eigenvalue weighted by Crippen LogP contribution is -2.04. The third-order valence-corrected chi connectivity index (χ3v) is 4.20. The Morgan fingerprint density at radius 1 is 0.781 bits per heavy atom. The fraction of sp³-hybridized carbons (Fsp3) is 0.0909. The number of halogens is 3. The van der Waals surface area contributed by atoms with Gasteiger partial charge in [-0.1, -0.05) is 18.2 Å². The second-order valence-corrected chi connectivity index (χ2v) is 6.36. The number of benzene rings is 2. The van der Waals surface area contributed by atoms with Crippen LogP contribution in [0.3, 0.4) is 0 Å². The maximum Gasteiger partial charge on any atom is 0.416 e. The van der Waals surface area contributed by atoms with Gasteiger partial charge in [0.2, 0.25) is 0 Å². The molecule has 0 bridgehead atoms. The largest absolute Gasteiger partial charge is 0.493 e. The van der Waals surface area contributed by atoms with Crippen molar-refractivity contribution < 1.29 is 27.4 Å². The lowest BCUT2D eigenvalue weighted by molar-refractivity contribution is -0.137. The van der Waals surface area contributed by atoms with E-state index in [1.807, 2.05) is 6.07 Å². The van der Waals surface area contributed by atoms with Crippen molar-refractivity contribution in [1.29, 1.82) is 0 Å². The van der Waals surface area contributed by atoms with Crippen LogP contribution in [0.15, 0.2) is 73.2 Å². The molecule has 162 valence electrons. The number of rotatable bonds is 6. The van der Waals surface area contributed by atoms with E-state index in [0.717, 1.165) is 12.1 Å². The van der Waals surface area contributed by atoms with Crippen molar-refractivity contribution in [3.05, 3.63) is 78.8 Å². The Hall–Kier alpha value is -4.21. The molecule has 2 aromatic carbocycles. The zero-order valence-corrected chi connectivity index (χ0v) is 16.6. The van der Waals surface area contributed by atoms with Crippen molar-refractivity contribution in [2.45, 2.75) is 6.18 Å². The summed E-state index contributed by atoms with van der Waals surface area (Å²) in [6.45, 7) is 0. The number of methoxy groups -OCH3 is 1. The Labute approximate surface area is 180 Å². The number of ether oxygens (including phenoxy) is 3. The first kappa shape index (κ1) is 21.0. The van der Waals surface area contributed by atoms with Crippen LogP contribution in [0.1, 0.15) is 5.56 Å². The van der Waals surface area contributed by atoms with Crippen LogP contribution in [0.4, 0.5) is 13.2 Å². The van der Waals surface area contributed by atoms with Crippen molar-refractivity contribution in [2.24, 2.45) is 0 Å². The van der Waals surface area contributed by atoms with E-state index in [-0.39, 0.29) is 17.8 Å². The van der Waals surface area contributed by atoms with Gasteiger partial charge in [-0.2, -0.15) is 18.2 Å². The van der Waals surface area contributed by atoms with Gasteiger partial charge in [-0.15, -0.1) is 0 Å². The Balaban J connectivity index is 1.50. The molecule has 7 nitrogen and oxygen atoms in total. The third kappa shape index (κ3) is 4.91. The first-order chi connectivity index (χ1) is 15.4. The van der Waals surface area contributed by atoms with Crippen LogP contribution < -0.4 is 14.2 Å². The number of aromatic nitrogens is 4. The van der Waals surface area contributed by atoms with Crippen molar-refractivity contribution >= 4 is 0 Å². The van der Waals surface area contributed by atoms with E-state index in [4.69, 9.17) is 14.2 Å². The predicted octanol–water partition coefficient (Wildman–Crippen LogP) is 5.55. The van der Waals surface area contributed by atoms with Gasteiger partial charge in [-0.3, -0.25) is 0 Å². The summed E-state index contributed by atoms with van der Waals surface area (Å²) < 4.78 is 54.8. The minimum atomic E-state index is -4.47. The van der Waals surface area contributed by atoms with Gasteiger partial charge < -0.3 is 14.2 Å². The molecule has 2 aromatic heterocycles. The summed E-state index contributed by atoms with van der Waals surface area (Å²) in [6, 6.07) is 13.2. The number of nitrogens with zero attached hydrogens (tertiary/aromatic N) is 4. The van der Waals surface area contributed by atoms with Gasteiger partial charge in [0.15, 0.2) is 11.5 Å². The Kier molecular flexibility index (Phi) is 5.84. The van der Waals surface area contributed by atoms with Crippen LogP contribution in [0.5, 0.6) is 29.3 Å². The molecular formula is C22H15F3N4O3. The zero-order valence-electron chi connectivity index (χ0n) is 16.6. The van der Waals surface area contributed by atoms with E-state index in [9.17, 15) is 13.2 Å². The predicted molar refractivity (Wildman–Crippen MR) is 108 cm³/mol. The van der Waals surface area contributed by atoms with Crippen LogP contribution in [0.2, 0.25) is 0 Å². The minimum absolute atomic E-state index is 0.0258. The van der Waals surface area contributed by atoms with Crippen LogP contribution in [0.25, 0.3) is 11.3 Å². The fourth-order valence-corrected chi connectivity index (χ4v) is 2.69. The maximum absolute atomic E-state index is 12.8. The number of alkyl halides is 3. The highest BCUT2D eigenvalue weighted by atomic mass is 19.4. The molecule has 0 unspecified atom stereocenters. The van der Waals surface area contributed by atoms with Gasteiger partial charge in [-0.05, 0) is 36.4 Å². The molecule has 0 spiro atoms. The lowest BCUT2D eigenvalue weighted by atomic mass is 10.2. The maximum atomic E-state index is 12.8. The molecule has 0 aliphatic heterocycles.